The van der Waals surface area contributed by atoms with E-state index < -0.39 is 0 Å². The average Bonchev–Trinajstić information content (AvgIpc) is 3.36. The number of thiocarbonyl (C=S) groups is 1. The number of benzene rings is 1. The molecule has 4 nitrogen and oxygen atoms in total. The maximum atomic E-state index is 6.22. The summed E-state index contributed by atoms with van der Waals surface area (Å²) in [6.07, 6.45) is 3.89. The first-order valence-electron chi connectivity index (χ1n) is 7.32. The lowest BCUT2D eigenvalue weighted by Crippen LogP contribution is -2.22. The summed E-state index contributed by atoms with van der Waals surface area (Å²) in [6.45, 7) is 1.28. The molecule has 2 aromatic rings. The van der Waals surface area contributed by atoms with Gasteiger partial charge < -0.3 is 10.5 Å². The third kappa shape index (κ3) is 3.77. The van der Waals surface area contributed by atoms with Gasteiger partial charge in [0.2, 0.25) is 0 Å². The summed E-state index contributed by atoms with van der Waals surface area (Å²) in [5.74, 6) is 0.699. The first-order chi connectivity index (χ1) is 11.2. The topological polar surface area (TPSA) is 60.5 Å². The minimum Gasteiger partial charge on any atom is -0.491 e. The molecular weight excluding hydrogens is 330 g/mol. The fraction of sp³-hybridized carbons (Fsp3) is 0.294. The maximum Gasteiger partial charge on any atom is 0.138 e. The summed E-state index contributed by atoms with van der Waals surface area (Å²) in [4.78, 5) is 8.15. The lowest BCUT2D eigenvalue weighted by Gasteiger charge is -2.14. The third-order valence-electron chi connectivity index (χ3n) is 4.10. The number of hydrogen-bond donors (Lipinski definition) is 1. The van der Waals surface area contributed by atoms with Crippen molar-refractivity contribution in [1.82, 2.24) is 4.98 Å². The molecule has 0 radical (unpaired) electrons. The zero-order valence-corrected chi connectivity index (χ0v) is 14.0. The fourth-order valence-corrected chi connectivity index (χ4v) is 2.62. The molecule has 0 aliphatic heterocycles. The van der Waals surface area contributed by atoms with E-state index in [1.807, 2.05) is 30.3 Å². The van der Waals surface area contributed by atoms with E-state index in [0.717, 1.165) is 29.7 Å². The standard InChI is InChI=1S/C17H16ClN3OS/c18-16-15(12-1-3-13(4-2-12)21-11-23)7-14(8-20-16)22-10-17(9-19)5-6-17/h1-4,7-8H,5-6,9-10,19H2. The highest BCUT2D eigenvalue weighted by molar-refractivity contribution is 7.78. The van der Waals surface area contributed by atoms with Crippen LogP contribution in [0.2, 0.25) is 5.15 Å². The van der Waals surface area contributed by atoms with Crippen LogP contribution in [-0.2, 0) is 0 Å². The summed E-state index contributed by atoms with van der Waals surface area (Å²) in [6, 6.07) is 9.44. The van der Waals surface area contributed by atoms with E-state index in [2.05, 4.69) is 27.4 Å². The van der Waals surface area contributed by atoms with Crippen molar-refractivity contribution in [2.45, 2.75) is 12.8 Å². The van der Waals surface area contributed by atoms with Crippen LogP contribution in [0.1, 0.15) is 12.8 Å². The number of aliphatic imine (C=N–C) groups is 1. The number of isothiocyanates is 1. The largest absolute Gasteiger partial charge is 0.491 e. The summed E-state index contributed by atoms with van der Waals surface area (Å²) >= 11 is 10.8. The molecule has 0 saturated heterocycles. The Balaban J connectivity index is 1.81. The van der Waals surface area contributed by atoms with E-state index >= 15 is 0 Å². The highest BCUT2D eigenvalue weighted by atomic mass is 35.5. The van der Waals surface area contributed by atoms with E-state index in [-0.39, 0.29) is 5.41 Å². The molecule has 1 aliphatic carbocycles. The summed E-state index contributed by atoms with van der Waals surface area (Å²) in [5, 5.41) is 2.78. The van der Waals surface area contributed by atoms with E-state index in [0.29, 0.717) is 24.1 Å². The molecular formula is C17H16ClN3OS. The van der Waals surface area contributed by atoms with Crippen LogP contribution in [-0.4, -0.2) is 23.3 Å². The van der Waals surface area contributed by atoms with Crippen molar-refractivity contribution in [2.24, 2.45) is 16.1 Å². The number of halogens is 1. The molecule has 1 aromatic carbocycles. The van der Waals surface area contributed by atoms with Crippen molar-refractivity contribution < 1.29 is 4.74 Å². The monoisotopic (exact) mass is 345 g/mol. The number of hydrogen-bond acceptors (Lipinski definition) is 5. The van der Waals surface area contributed by atoms with Gasteiger partial charge in [0.15, 0.2) is 0 Å². The molecule has 0 unspecified atom stereocenters. The number of aromatic nitrogens is 1. The second-order valence-corrected chi connectivity index (χ2v) is 6.29. The van der Waals surface area contributed by atoms with E-state index in [4.69, 9.17) is 22.1 Å². The highest BCUT2D eigenvalue weighted by Crippen LogP contribution is 2.44. The van der Waals surface area contributed by atoms with E-state index in [9.17, 15) is 0 Å². The van der Waals surface area contributed by atoms with Crippen molar-refractivity contribution in [2.75, 3.05) is 13.2 Å². The Bertz CT molecular complexity index is 753. The Morgan fingerprint density at radius 2 is 2.09 bits per heavy atom. The fourth-order valence-electron chi connectivity index (χ4n) is 2.30. The van der Waals surface area contributed by atoms with Gasteiger partial charge in [-0.15, -0.1) is 0 Å². The van der Waals surface area contributed by atoms with Gasteiger partial charge in [0, 0.05) is 17.5 Å². The maximum absolute atomic E-state index is 6.22. The molecule has 0 bridgehead atoms. The number of nitrogens with zero attached hydrogens (tertiary/aromatic N) is 2. The Morgan fingerprint density at radius 3 is 2.70 bits per heavy atom. The van der Waals surface area contributed by atoms with E-state index in [1.165, 1.54) is 0 Å². The Labute approximate surface area is 145 Å². The third-order valence-corrected chi connectivity index (χ3v) is 4.49. The zero-order chi connectivity index (χ0) is 16.3. The van der Waals surface area contributed by atoms with E-state index in [1.54, 1.807) is 6.20 Å². The quantitative estimate of drug-likeness (QED) is 0.483. The second kappa shape index (κ2) is 6.77. The Morgan fingerprint density at radius 1 is 1.35 bits per heavy atom. The molecule has 2 N–H and O–H groups in total. The molecule has 0 atom stereocenters. The number of nitrogens with two attached hydrogens (primary N) is 1. The zero-order valence-electron chi connectivity index (χ0n) is 12.5. The van der Waals surface area contributed by atoms with Crippen LogP contribution in [0.3, 0.4) is 0 Å². The van der Waals surface area contributed by atoms with Gasteiger partial charge in [-0.2, -0.15) is 4.99 Å². The van der Waals surface area contributed by atoms with Gasteiger partial charge in [0.25, 0.3) is 0 Å². The van der Waals surface area contributed by atoms with Crippen molar-refractivity contribution in [3.63, 3.8) is 0 Å². The summed E-state index contributed by atoms with van der Waals surface area (Å²) < 4.78 is 5.86. The molecule has 23 heavy (non-hydrogen) atoms. The van der Waals surface area contributed by atoms with Gasteiger partial charge in [-0.3, -0.25) is 0 Å². The van der Waals surface area contributed by atoms with Crippen LogP contribution in [0.4, 0.5) is 5.69 Å². The SMILES string of the molecule is NCC1(COc2cnc(Cl)c(-c3ccc(N=C=S)cc3)c2)CC1. The first-order valence-corrected chi connectivity index (χ1v) is 8.11. The number of pyridine rings is 1. The average molecular weight is 346 g/mol. The lowest BCUT2D eigenvalue weighted by atomic mass is 10.1. The molecule has 118 valence electrons. The van der Waals surface area contributed by atoms with Crippen molar-refractivity contribution in [1.29, 1.82) is 0 Å². The smallest absolute Gasteiger partial charge is 0.138 e. The molecule has 1 aliphatic rings. The lowest BCUT2D eigenvalue weighted by molar-refractivity contribution is 0.238. The van der Waals surface area contributed by atoms with Gasteiger partial charge in [0.1, 0.15) is 10.9 Å². The molecule has 0 amide bonds. The van der Waals surface area contributed by atoms with Gasteiger partial charge >= 0.3 is 0 Å². The minimum absolute atomic E-state index is 0.153. The summed E-state index contributed by atoms with van der Waals surface area (Å²) in [5.41, 5.74) is 8.44. The van der Waals surface area contributed by atoms with Crippen LogP contribution < -0.4 is 10.5 Å². The molecule has 0 spiro atoms. The molecule has 1 saturated carbocycles. The van der Waals surface area contributed by atoms with Gasteiger partial charge in [-0.25, -0.2) is 4.98 Å². The predicted molar refractivity (Wildman–Crippen MR) is 95.6 cm³/mol. The normalized spacial score (nSPS) is 14.9. The van der Waals surface area contributed by atoms with Crippen LogP contribution in [0.5, 0.6) is 5.75 Å². The molecule has 6 heteroatoms. The van der Waals surface area contributed by atoms with Crippen LogP contribution in [0.15, 0.2) is 41.5 Å². The Kier molecular flexibility index (Phi) is 4.74. The Hall–Kier alpha value is -1.78. The minimum atomic E-state index is 0.153. The first kappa shape index (κ1) is 16.1. The summed E-state index contributed by atoms with van der Waals surface area (Å²) in [7, 11) is 0. The molecule has 3 rings (SSSR count). The molecule has 1 fully saturated rings. The van der Waals surface area contributed by atoms with Crippen molar-refractivity contribution >= 4 is 34.7 Å². The number of rotatable bonds is 6. The number of ether oxygens (including phenoxy) is 1. The van der Waals surface area contributed by atoms with Crippen LogP contribution >= 0.6 is 23.8 Å². The van der Waals surface area contributed by atoms with Gasteiger partial charge in [0.05, 0.1) is 23.7 Å². The van der Waals surface area contributed by atoms with Gasteiger partial charge in [-0.05, 0) is 48.8 Å². The van der Waals surface area contributed by atoms with Crippen molar-refractivity contribution in [3.8, 4) is 16.9 Å². The predicted octanol–water partition coefficient (Wildman–Crippen LogP) is 4.25. The van der Waals surface area contributed by atoms with Crippen molar-refractivity contribution in [3.05, 3.63) is 41.7 Å². The molecule has 1 heterocycles. The molecule has 1 aromatic heterocycles. The second-order valence-electron chi connectivity index (χ2n) is 5.75. The van der Waals surface area contributed by atoms with Gasteiger partial charge in [-0.1, -0.05) is 23.7 Å². The highest BCUT2D eigenvalue weighted by Gasteiger charge is 2.42. The van der Waals surface area contributed by atoms with Crippen LogP contribution in [0.25, 0.3) is 11.1 Å². The van der Waals surface area contributed by atoms with Crippen LogP contribution in [0, 0.1) is 5.41 Å².